The summed E-state index contributed by atoms with van der Waals surface area (Å²) in [6, 6.07) is 0. The molecule has 2 nitrogen and oxygen atoms in total. The molecule has 1 aliphatic carbocycles. The summed E-state index contributed by atoms with van der Waals surface area (Å²) >= 11 is 0. The molecule has 2 atom stereocenters. The zero-order chi connectivity index (χ0) is 9.47. The third-order valence-corrected chi connectivity index (χ3v) is 4.42. The molecule has 0 aromatic heterocycles. The molecule has 2 fully saturated rings. The van der Waals surface area contributed by atoms with E-state index in [0.717, 1.165) is 18.4 Å². The lowest BCUT2D eigenvalue weighted by Gasteiger charge is -2.34. The van der Waals surface area contributed by atoms with Gasteiger partial charge in [-0.1, -0.05) is 6.92 Å². The van der Waals surface area contributed by atoms with Crippen LogP contribution in [0.1, 0.15) is 26.2 Å². The summed E-state index contributed by atoms with van der Waals surface area (Å²) in [4.78, 5) is 2.44. The molecule has 0 spiro atoms. The van der Waals surface area contributed by atoms with Gasteiger partial charge in [0.2, 0.25) is 0 Å². The second kappa shape index (κ2) is 3.25. The Hall–Kier alpha value is -0.0800. The van der Waals surface area contributed by atoms with Crippen LogP contribution in [0.4, 0.5) is 0 Å². The van der Waals surface area contributed by atoms with Crippen molar-refractivity contribution in [1.82, 2.24) is 4.90 Å². The third-order valence-electron chi connectivity index (χ3n) is 4.42. The van der Waals surface area contributed by atoms with E-state index in [1.165, 1.54) is 32.4 Å². The van der Waals surface area contributed by atoms with Crippen molar-refractivity contribution in [3.8, 4) is 0 Å². The number of nitrogens with zero attached hydrogens (tertiary/aromatic N) is 1. The van der Waals surface area contributed by atoms with Crippen molar-refractivity contribution in [3.05, 3.63) is 0 Å². The minimum Gasteiger partial charge on any atom is -0.330 e. The fourth-order valence-corrected chi connectivity index (χ4v) is 3.11. The van der Waals surface area contributed by atoms with Crippen LogP contribution in [0.15, 0.2) is 0 Å². The first-order valence-electron chi connectivity index (χ1n) is 5.57. The van der Waals surface area contributed by atoms with Crippen molar-refractivity contribution in [3.63, 3.8) is 0 Å². The van der Waals surface area contributed by atoms with Gasteiger partial charge < -0.3 is 10.6 Å². The molecule has 2 unspecified atom stereocenters. The van der Waals surface area contributed by atoms with Gasteiger partial charge in [-0.25, -0.2) is 0 Å². The highest BCUT2D eigenvalue weighted by atomic mass is 15.1. The molecule has 2 rings (SSSR count). The molecule has 0 amide bonds. The van der Waals surface area contributed by atoms with Crippen LogP contribution in [0, 0.1) is 17.3 Å². The first-order valence-corrected chi connectivity index (χ1v) is 5.57. The van der Waals surface area contributed by atoms with Gasteiger partial charge in [0.25, 0.3) is 0 Å². The van der Waals surface area contributed by atoms with Gasteiger partial charge in [0.05, 0.1) is 0 Å². The highest BCUT2D eigenvalue weighted by Crippen LogP contribution is 2.59. The Balaban J connectivity index is 1.94. The Bertz CT molecular complexity index is 181. The van der Waals surface area contributed by atoms with Crippen LogP contribution in [0.3, 0.4) is 0 Å². The Morgan fingerprint density at radius 1 is 1.38 bits per heavy atom. The number of nitrogens with two attached hydrogens (primary N) is 1. The molecule has 1 heterocycles. The van der Waals surface area contributed by atoms with Crippen molar-refractivity contribution >= 4 is 0 Å². The van der Waals surface area contributed by atoms with Crippen LogP contribution in [-0.2, 0) is 0 Å². The van der Waals surface area contributed by atoms with E-state index < -0.39 is 0 Å². The fourth-order valence-electron chi connectivity index (χ4n) is 3.11. The van der Waals surface area contributed by atoms with Gasteiger partial charge in [-0.2, -0.15) is 0 Å². The lowest BCUT2D eigenvalue weighted by atomic mass is 9.80. The van der Waals surface area contributed by atoms with Crippen LogP contribution in [-0.4, -0.2) is 31.6 Å². The molecule has 1 saturated heterocycles. The first kappa shape index (κ1) is 9.47. The number of likely N-dealkylation sites (tertiary alicyclic amines) is 1. The van der Waals surface area contributed by atoms with Crippen molar-refractivity contribution in [2.24, 2.45) is 23.0 Å². The monoisotopic (exact) mass is 182 g/mol. The van der Waals surface area contributed by atoms with E-state index in [4.69, 9.17) is 5.73 Å². The van der Waals surface area contributed by atoms with Crippen LogP contribution >= 0.6 is 0 Å². The van der Waals surface area contributed by atoms with E-state index in [9.17, 15) is 0 Å². The normalized spacial score (nSPS) is 42.2. The highest BCUT2D eigenvalue weighted by Gasteiger charge is 2.54. The second-order valence-electron chi connectivity index (χ2n) is 5.12. The minimum atomic E-state index is 0.557. The molecule has 0 aromatic carbocycles. The summed E-state index contributed by atoms with van der Waals surface area (Å²) < 4.78 is 0. The van der Waals surface area contributed by atoms with Gasteiger partial charge in [0.15, 0.2) is 0 Å². The van der Waals surface area contributed by atoms with Crippen molar-refractivity contribution in [1.29, 1.82) is 0 Å². The Labute approximate surface area is 81.5 Å². The predicted molar refractivity (Wildman–Crippen MR) is 55.5 cm³/mol. The SMILES string of the molecule is CC1CC1(CN)C1CCN(C)CC1. The van der Waals surface area contributed by atoms with E-state index in [1.54, 1.807) is 0 Å². The van der Waals surface area contributed by atoms with E-state index in [1.807, 2.05) is 0 Å². The maximum Gasteiger partial charge on any atom is -0.00152 e. The smallest absolute Gasteiger partial charge is 0.00152 e. The van der Waals surface area contributed by atoms with Crippen LogP contribution < -0.4 is 5.73 Å². The predicted octanol–water partition coefficient (Wildman–Crippen LogP) is 1.31. The molecule has 0 radical (unpaired) electrons. The second-order valence-corrected chi connectivity index (χ2v) is 5.12. The molecule has 13 heavy (non-hydrogen) atoms. The summed E-state index contributed by atoms with van der Waals surface area (Å²) in [7, 11) is 2.22. The first-order chi connectivity index (χ1) is 6.19. The molecule has 2 heteroatoms. The van der Waals surface area contributed by atoms with Gasteiger partial charge in [0, 0.05) is 0 Å². The maximum atomic E-state index is 5.91. The standard InChI is InChI=1S/C11H22N2/c1-9-7-11(9,8-12)10-3-5-13(2)6-4-10/h9-10H,3-8,12H2,1-2H3. The molecule has 2 N–H and O–H groups in total. The molecule has 2 aliphatic rings. The molecule has 0 bridgehead atoms. The molecule has 1 aliphatic heterocycles. The summed E-state index contributed by atoms with van der Waals surface area (Å²) in [5.74, 6) is 1.81. The molecule has 0 aromatic rings. The summed E-state index contributed by atoms with van der Waals surface area (Å²) in [5, 5.41) is 0. The highest BCUT2D eigenvalue weighted by molar-refractivity contribution is 5.05. The van der Waals surface area contributed by atoms with Gasteiger partial charge in [0.1, 0.15) is 0 Å². The van der Waals surface area contributed by atoms with Gasteiger partial charge >= 0.3 is 0 Å². The van der Waals surface area contributed by atoms with E-state index in [2.05, 4.69) is 18.9 Å². The number of hydrogen-bond acceptors (Lipinski definition) is 2. The topological polar surface area (TPSA) is 29.3 Å². The molecule has 1 saturated carbocycles. The van der Waals surface area contributed by atoms with Gasteiger partial charge in [-0.3, -0.25) is 0 Å². The van der Waals surface area contributed by atoms with Crippen molar-refractivity contribution in [2.45, 2.75) is 26.2 Å². The zero-order valence-corrected chi connectivity index (χ0v) is 8.92. The molecular formula is C11H22N2. The van der Waals surface area contributed by atoms with E-state index >= 15 is 0 Å². The largest absolute Gasteiger partial charge is 0.330 e. The maximum absolute atomic E-state index is 5.91. The lowest BCUT2D eigenvalue weighted by Crippen LogP contribution is -2.37. The fraction of sp³-hybridized carbons (Fsp3) is 1.00. The number of piperidine rings is 1. The average molecular weight is 182 g/mol. The average Bonchev–Trinajstić information content (AvgIpc) is 2.79. The Kier molecular flexibility index (Phi) is 2.37. The Morgan fingerprint density at radius 2 is 1.92 bits per heavy atom. The summed E-state index contributed by atoms with van der Waals surface area (Å²) in [6.07, 6.45) is 4.13. The Morgan fingerprint density at radius 3 is 2.31 bits per heavy atom. The summed E-state index contributed by atoms with van der Waals surface area (Å²) in [6.45, 7) is 5.84. The lowest BCUT2D eigenvalue weighted by molar-refractivity contribution is 0.153. The van der Waals surface area contributed by atoms with E-state index in [-0.39, 0.29) is 0 Å². The molecule has 76 valence electrons. The van der Waals surface area contributed by atoms with Gasteiger partial charge in [-0.15, -0.1) is 0 Å². The van der Waals surface area contributed by atoms with Gasteiger partial charge in [-0.05, 0) is 63.2 Å². The number of rotatable bonds is 2. The van der Waals surface area contributed by atoms with Crippen LogP contribution in [0.5, 0.6) is 0 Å². The van der Waals surface area contributed by atoms with Crippen LogP contribution in [0.25, 0.3) is 0 Å². The third kappa shape index (κ3) is 1.50. The summed E-state index contributed by atoms with van der Waals surface area (Å²) in [5.41, 5.74) is 6.47. The van der Waals surface area contributed by atoms with Crippen molar-refractivity contribution < 1.29 is 0 Å². The quantitative estimate of drug-likeness (QED) is 0.698. The number of hydrogen-bond donors (Lipinski definition) is 1. The van der Waals surface area contributed by atoms with Crippen LogP contribution in [0.2, 0.25) is 0 Å². The minimum absolute atomic E-state index is 0.557. The zero-order valence-electron chi connectivity index (χ0n) is 8.92. The molecular weight excluding hydrogens is 160 g/mol. The van der Waals surface area contributed by atoms with E-state index in [0.29, 0.717) is 5.41 Å². The van der Waals surface area contributed by atoms with Crippen molar-refractivity contribution in [2.75, 3.05) is 26.7 Å².